The van der Waals surface area contributed by atoms with Crippen LogP contribution < -0.4 is 0 Å². The highest BCUT2D eigenvalue weighted by atomic mass is 16.3. The average molecular weight is 221 g/mol. The summed E-state index contributed by atoms with van der Waals surface area (Å²) in [5.74, 6) is 0.597. The van der Waals surface area contributed by atoms with Crippen LogP contribution in [0.4, 0.5) is 0 Å². The normalized spacial score (nSPS) is 12.9. The number of nitrogens with zero attached hydrogens (tertiary/aromatic N) is 5. The second-order valence-corrected chi connectivity index (χ2v) is 3.68. The van der Waals surface area contributed by atoms with E-state index < -0.39 is 6.10 Å². The molecule has 0 saturated heterocycles. The van der Waals surface area contributed by atoms with E-state index in [2.05, 4.69) is 22.2 Å². The Kier molecular flexibility index (Phi) is 3.00. The number of aryl methyl sites for hydroxylation is 2. The van der Waals surface area contributed by atoms with Crippen molar-refractivity contribution in [3.8, 4) is 0 Å². The molecule has 0 fully saturated rings. The van der Waals surface area contributed by atoms with Crippen LogP contribution in [0.15, 0.2) is 18.6 Å². The lowest BCUT2D eigenvalue weighted by molar-refractivity contribution is 0.194. The maximum absolute atomic E-state index is 10.2. The van der Waals surface area contributed by atoms with Crippen LogP contribution in [0.5, 0.6) is 0 Å². The summed E-state index contributed by atoms with van der Waals surface area (Å²) in [6.07, 6.45) is 5.21. The molecule has 6 heteroatoms. The Morgan fingerprint density at radius 1 is 1.50 bits per heavy atom. The smallest absolute Gasteiger partial charge is 0.155 e. The van der Waals surface area contributed by atoms with Gasteiger partial charge in [0.05, 0.1) is 11.9 Å². The first-order valence-corrected chi connectivity index (χ1v) is 5.27. The molecule has 1 unspecified atom stereocenters. The van der Waals surface area contributed by atoms with Crippen LogP contribution in [-0.2, 0) is 13.6 Å². The van der Waals surface area contributed by atoms with Crippen molar-refractivity contribution in [2.75, 3.05) is 0 Å². The van der Waals surface area contributed by atoms with Gasteiger partial charge >= 0.3 is 0 Å². The summed E-state index contributed by atoms with van der Waals surface area (Å²) in [7, 11) is 1.85. The van der Waals surface area contributed by atoms with E-state index in [9.17, 15) is 5.11 Å². The number of aromatic nitrogens is 5. The fourth-order valence-electron chi connectivity index (χ4n) is 1.64. The molecule has 2 heterocycles. The molecule has 2 rings (SSSR count). The van der Waals surface area contributed by atoms with Crippen molar-refractivity contribution in [2.24, 2.45) is 7.05 Å². The minimum atomic E-state index is -0.776. The van der Waals surface area contributed by atoms with Crippen LogP contribution in [0.1, 0.15) is 31.0 Å². The van der Waals surface area contributed by atoms with Gasteiger partial charge in [-0.15, -0.1) is 5.10 Å². The van der Waals surface area contributed by atoms with E-state index in [-0.39, 0.29) is 0 Å². The second-order valence-electron chi connectivity index (χ2n) is 3.68. The van der Waals surface area contributed by atoms with E-state index in [4.69, 9.17) is 0 Å². The summed E-state index contributed by atoms with van der Waals surface area (Å²) in [4.78, 5) is 4.12. The van der Waals surface area contributed by atoms with E-state index >= 15 is 0 Å². The molecule has 0 saturated carbocycles. The van der Waals surface area contributed by atoms with Crippen LogP contribution in [0.2, 0.25) is 0 Å². The van der Waals surface area contributed by atoms with Gasteiger partial charge in [0, 0.05) is 26.0 Å². The maximum Gasteiger partial charge on any atom is 0.155 e. The van der Waals surface area contributed by atoms with Gasteiger partial charge in [-0.2, -0.15) is 0 Å². The van der Waals surface area contributed by atoms with Gasteiger partial charge in [0.2, 0.25) is 0 Å². The standard InChI is InChI=1S/C10H15N5O/c1-3-5-15-8(7-12-13-15)9(16)10-11-4-6-14(10)2/h4,6-7,9,16H,3,5H2,1-2H3. The highest BCUT2D eigenvalue weighted by molar-refractivity contribution is 5.11. The van der Waals surface area contributed by atoms with E-state index in [1.807, 2.05) is 7.05 Å². The minimum absolute atomic E-state index is 0.597. The first kappa shape index (κ1) is 10.8. The number of rotatable bonds is 4. The first-order chi connectivity index (χ1) is 7.74. The van der Waals surface area contributed by atoms with Crippen molar-refractivity contribution in [2.45, 2.75) is 26.0 Å². The SMILES string of the molecule is CCCn1nncc1C(O)c1nccn1C. The Bertz CT molecular complexity index is 461. The summed E-state index contributed by atoms with van der Waals surface area (Å²) >= 11 is 0. The number of imidazole rings is 1. The molecule has 0 aromatic carbocycles. The van der Waals surface area contributed by atoms with Crippen molar-refractivity contribution in [3.63, 3.8) is 0 Å². The van der Waals surface area contributed by atoms with Gasteiger partial charge in [-0.3, -0.25) is 0 Å². The maximum atomic E-state index is 10.2. The molecule has 2 aromatic heterocycles. The third-order valence-corrected chi connectivity index (χ3v) is 2.47. The molecule has 0 bridgehead atoms. The Morgan fingerprint density at radius 3 is 2.94 bits per heavy atom. The van der Waals surface area contributed by atoms with E-state index in [0.717, 1.165) is 13.0 Å². The third kappa shape index (κ3) is 1.83. The fourth-order valence-corrected chi connectivity index (χ4v) is 1.64. The molecule has 16 heavy (non-hydrogen) atoms. The lowest BCUT2D eigenvalue weighted by Crippen LogP contribution is -2.13. The zero-order valence-electron chi connectivity index (χ0n) is 9.41. The van der Waals surface area contributed by atoms with Gasteiger partial charge in [0.15, 0.2) is 6.10 Å². The fraction of sp³-hybridized carbons (Fsp3) is 0.500. The summed E-state index contributed by atoms with van der Waals surface area (Å²) in [6.45, 7) is 2.80. The van der Waals surface area contributed by atoms with Crippen molar-refractivity contribution in [3.05, 3.63) is 30.1 Å². The van der Waals surface area contributed by atoms with E-state index in [1.165, 1.54) is 0 Å². The Morgan fingerprint density at radius 2 is 2.31 bits per heavy atom. The molecule has 1 N–H and O–H groups in total. The summed E-state index contributed by atoms with van der Waals surface area (Å²) < 4.78 is 3.49. The van der Waals surface area contributed by atoms with E-state index in [1.54, 1.807) is 27.8 Å². The number of hydrogen-bond acceptors (Lipinski definition) is 4. The van der Waals surface area contributed by atoms with Crippen molar-refractivity contribution >= 4 is 0 Å². The Hall–Kier alpha value is -1.69. The van der Waals surface area contributed by atoms with Gasteiger partial charge in [-0.05, 0) is 6.42 Å². The van der Waals surface area contributed by atoms with Crippen molar-refractivity contribution in [1.29, 1.82) is 0 Å². The monoisotopic (exact) mass is 221 g/mol. The summed E-state index contributed by atoms with van der Waals surface area (Å²) in [5, 5.41) is 17.9. The van der Waals surface area contributed by atoms with Gasteiger partial charge < -0.3 is 9.67 Å². The predicted molar refractivity (Wildman–Crippen MR) is 57.6 cm³/mol. The van der Waals surface area contributed by atoms with Gasteiger partial charge in [-0.25, -0.2) is 9.67 Å². The van der Waals surface area contributed by atoms with Gasteiger partial charge in [0.1, 0.15) is 5.82 Å². The minimum Gasteiger partial charge on any atom is -0.379 e. The quantitative estimate of drug-likeness (QED) is 0.816. The molecule has 0 aliphatic rings. The molecule has 2 aromatic rings. The van der Waals surface area contributed by atoms with Gasteiger partial charge in [-0.1, -0.05) is 12.1 Å². The molecule has 0 spiro atoms. The average Bonchev–Trinajstić information content (AvgIpc) is 2.87. The van der Waals surface area contributed by atoms with Crippen LogP contribution >= 0.6 is 0 Å². The number of aliphatic hydroxyl groups is 1. The predicted octanol–water partition coefficient (Wildman–Crippen LogP) is 0.503. The zero-order valence-corrected chi connectivity index (χ0v) is 9.41. The van der Waals surface area contributed by atoms with E-state index in [0.29, 0.717) is 11.5 Å². The van der Waals surface area contributed by atoms with Gasteiger partial charge in [0.25, 0.3) is 0 Å². The molecule has 0 radical (unpaired) electrons. The topological polar surface area (TPSA) is 68.8 Å². The molecule has 1 atom stereocenters. The number of aliphatic hydroxyl groups excluding tert-OH is 1. The second kappa shape index (κ2) is 4.44. The lowest BCUT2D eigenvalue weighted by Gasteiger charge is -2.11. The molecular formula is C10H15N5O. The van der Waals surface area contributed by atoms with Crippen molar-refractivity contribution in [1.82, 2.24) is 24.5 Å². The molecule has 0 aliphatic carbocycles. The Balaban J connectivity index is 2.30. The molecular weight excluding hydrogens is 206 g/mol. The molecule has 0 amide bonds. The first-order valence-electron chi connectivity index (χ1n) is 5.27. The molecule has 6 nitrogen and oxygen atoms in total. The van der Waals surface area contributed by atoms with Crippen molar-refractivity contribution < 1.29 is 5.11 Å². The zero-order chi connectivity index (χ0) is 11.5. The summed E-state index contributed by atoms with van der Waals surface area (Å²) in [5.41, 5.74) is 0.677. The molecule has 0 aliphatic heterocycles. The van der Waals surface area contributed by atoms with Crippen LogP contribution in [0.25, 0.3) is 0 Å². The highest BCUT2D eigenvalue weighted by Gasteiger charge is 2.19. The lowest BCUT2D eigenvalue weighted by atomic mass is 10.2. The van der Waals surface area contributed by atoms with Crippen LogP contribution in [0, 0.1) is 0 Å². The molecule has 86 valence electrons. The van der Waals surface area contributed by atoms with Crippen LogP contribution in [0.3, 0.4) is 0 Å². The van der Waals surface area contributed by atoms with Crippen LogP contribution in [-0.4, -0.2) is 29.7 Å². The Labute approximate surface area is 93.5 Å². The summed E-state index contributed by atoms with van der Waals surface area (Å²) in [6, 6.07) is 0. The largest absolute Gasteiger partial charge is 0.379 e. The highest BCUT2D eigenvalue weighted by Crippen LogP contribution is 2.18. The third-order valence-electron chi connectivity index (χ3n) is 2.47. The number of hydrogen-bond donors (Lipinski definition) is 1.